The SMILES string of the molecule is COS(C)=O.Cc1cc(C)c(C2=C(O)C3CCCN3C2=O)c(Cl)c1.Cc1cc(C)c(C2=C(OS(C)(=O)=O)C3CCCN3C2=O)c(Cl)c1. The summed E-state index contributed by atoms with van der Waals surface area (Å²) in [5.41, 5.74) is 5.72. The minimum atomic E-state index is -3.72. The predicted molar refractivity (Wildman–Crippen MR) is 185 cm³/mol. The Bertz CT molecular complexity index is 1760. The molecule has 4 aliphatic heterocycles. The molecule has 1 N–H and O–H groups in total. The number of amides is 2. The van der Waals surface area contributed by atoms with E-state index in [4.69, 9.17) is 27.4 Å². The van der Waals surface area contributed by atoms with Crippen LogP contribution in [0, 0.1) is 27.7 Å². The van der Waals surface area contributed by atoms with Gasteiger partial charge in [0.05, 0.1) is 36.6 Å². The molecule has 2 fully saturated rings. The Kier molecular flexibility index (Phi) is 11.5. The number of benzene rings is 2. The molecular formula is C33H40Cl2N2O8S2. The first-order chi connectivity index (χ1) is 22.0. The molecule has 0 bridgehead atoms. The minimum absolute atomic E-state index is 0.0890. The molecule has 4 heterocycles. The number of halogens is 2. The van der Waals surface area contributed by atoms with E-state index in [1.807, 2.05) is 45.9 Å². The van der Waals surface area contributed by atoms with Crippen LogP contribution in [0.2, 0.25) is 10.0 Å². The number of carbonyl (C=O) groups is 2. The first kappa shape index (κ1) is 36.9. The standard InChI is InChI=1S/C16H18ClNO4S.C15H16ClNO2.C2H6O2S/c1-9-7-10(2)13(11(17)8-9)14-15(22-23(3,20)21)12-5-4-6-18(12)16(14)19;1-8-6-9(2)12(10(16)7-8)13-14(18)11-4-3-5-17(11)15(13)19;1-4-5(2)3/h7-8,12H,4-6H2,1-3H3;6-7,11,18H,3-5H2,1-2H3;1-2H3. The zero-order chi connectivity index (χ0) is 35.0. The van der Waals surface area contributed by atoms with Crippen molar-refractivity contribution in [1.82, 2.24) is 9.80 Å². The lowest BCUT2D eigenvalue weighted by atomic mass is 9.97. The second kappa shape index (κ2) is 14.7. The number of fused-ring (bicyclic) bond motifs is 2. The minimum Gasteiger partial charge on any atom is -0.509 e. The first-order valence-electron chi connectivity index (χ1n) is 15.1. The van der Waals surface area contributed by atoms with Gasteiger partial charge in [-0.15, -0.1) is 0 Å². The molecule has 0 saturated carbocycles. The monoisotopic (exact) mass is 726 g/mol. The summed E-state index contributed by atoms with van der Waals surface area (Å²) in [6.07, 6.45) is 5.78. The van der Waals surface area contributed by atoms with Crippen molar-refractivity contribution in [2.75, 3.05) is 32.7 Å². The van der Waals surface area contributed by atoms with Crippen molar-refractivity contribution in [2.24, 2.45) is 0 Å². The summed E-state index contributed by atoms with van der Waals surface area (Å²) in [5.74, 6) is 0.106. The predicted octanol–water partition coefficient (Wildman–Crippen LogP) is 5.81. The third kappa shape index (κ3) is 7.88. The van der Waals surface area contributed by atoms with Gasteiger partial charge in [-0.2, -0.15) is 8.42 Å². The number of aryl methyl sites for hydroxylation is 4. The maximum atomic E-state index is 12.8. The van der Waals surface area contributed by atoms with Crippen molar-refractivity contribution in [3.63, 3.8) is 0 Å². The fraction of sp³-hybridized carbons (Fsp3) is 0.455. The van der Waals surface area contributed by atoms with E-state index in [1.165, 1.54) is 13.4 Å². The Morgan fingerprint density at radius 3 is 1.68 bits per heavy atom. The second-order valence-corrected chi connectivity index (χ2v) is 15.6. The molecule has 2 amide bonds. The lowest BCUT2D eigenvalue weighted by Crippen LogP contribution is -2.30. The van der Waals surface area contributed by atoms with Crippen LogP contribution in [-0.4, -0.2) is 84.1 Å². The van der Waals surface area contributed by atoms with E-state index in [-0.39, 0.29) is 41.0 Å². The largest absolute Gasteiger partial charge is 0.509 e. The van der Waals surface area contributed by atoms with Crippen LogP contribution in [0.15, 0.2) is 35.8 Å². The second-order valence-electron chi connectivity index (χ2n) is 12.0. The van der Waals surface area contributed by atoms with Gasteiger partial charge in [-0.3, -0.25) is 13.8 Å². The van der Waals surface area contributed by atoms with Crippen LogP contribution in [0.1, 0.15) is 59.1 Å². The Hall–Kier alpha value is -2.90. The van der Waals surface area contributed by atoms with Crippen LogP contribution in [0.3, 0.4) is 0 Å². The average molecular weight is 728 g/mol. The molecule has 0 radical (unpaired) electrons. The van der Waals surface area contributed by atoms with Gasteiger partial charge in [0.2, 0.25) is 0 Å². The summed E-state index contributed by atoms with van der Waals surface area (Å²) in [6, 6.07) is 7.05. The molecule has 14 heteroatoms. The van der Waals surface area contributed by atoms with Crippen LogP contribution in [-0.2, 0) is 39.2 Å². The molecule has 2 saturated heterocycles. The Balaban J connectivity index is 0.000000189. The van der Waals surface area contributed by atoms with Gasteiger partial charge in [0.1, 0.15) is 5.76 Å². The zero-order valence-corrected chi connectivity index (χ0v) is 30.6. The van der Waals surface area contributed by atoms with Gasteiger partial charge in [0, 0.05) is 40.5 Å². The third-order valence-electron chi connectivity index (χ3n) is 8.42. The molecule has 0 spiro atoms. The Morgan fingerprint density at radius 2 is 1.26 bits per heavy atom. The highest BCUT2D eigenvalue weighted by Gasteiger charge is 2.46. The zero-order valence-electron chi connectivity index (χ0n) is 27.5. The van der Waals surface area contributed by atoms with Gasteiger partial charge in [-0.1, -0.05) is 35.3 Å². The number of carbonyl (C=O) groups excluding carboxylic acids is 2. The molecule has 0 aliphatic carbocycles. The molecular weight excluding hydrogens is 687 g/mol. The highest BCUT2D eigenvalue weighted by Crippen LogP contribution is 2.43. The van der Waals surface area contributed by atoms with Crippen molar-refractivity contribution in [2.45, 2.75) is 65.5 Å². The van der Waals surface area contributed by atoms with Crippen molar-refractivity contribution in [3.05, 3.63) is 79.2 Å². The average Bonchev–Trinajstić information content (AvgIpc) is 3.72. The maximum Gasteiger partial charge on any atom is 0.306 e. The van der Waals surface area contributed by atoms with Crippen LogP contribution in [0.5, 0.6) is 0 Å². The quantitative estimate of drug-likeness (QED) is 0.383. The summed E-state index contributed by atoms with van der Waals surface area (Å²) in [5, 5.41) is 11.3. The molecule has 2 aromatic carbocycles. The van der Waals surface area contributed by atoms with Crippen LogP contribution in [0.4, 0.5) is 0 Å². The highest BCUT2D eigenvalue weighted by atomic mass is 35.5. The van der Waals surface area contributed by atoms with E-state index < -0.39 is 21.2 Å². The molecule has 3 atom stereocenters. The van der Waals surface area contributed by atoms with Crippen molar-refractivity contribution >= 4 is 67.4 Å². The molecule has 256 valence electrons. The van der Waals surface area contributed by atoms with Gasteiger partial charge in [0.25, 0.3) is 11.8 Å². The van der Waals surface area contributed by atoms with Gasteiger partial charge < -0.3 is 19.1 Å². The van der Waals surface area contributed by atoms with E-state index in [0.717, 1.165) is 54.3 Å². The van der Waals surface area contributed by atoms with Crippen LogP contribution < -0.4 is 0 Å². The fourth-order valence-corrected chi connectivity index (χ4v) is 7.95. The lowest BCUT2D eigenvalue weighted by molar-refractivity contribution is -0.124. The smallest absolute Gasteiger partial charge is 0.306 e. The van der Waals surface area contributed by atoms with Gasteiger partial charge in [0.15, 0.2) is 16.8 Å². The number of aliphatic hydroxyl groups is 1. The molecule has 47 heavy (non-hydrogen) atoms. The topological polar surface area (TPSA) is 131 Å². The van der Waals surface area contributed by atoms with Crippen molar-refractivity contribution < 1.29 is 35.7 Å². The van der Waals surface area contributed by atoms with E-state index >= 15 is 0 Å². The third-order valence-corrected chi connectivity index (χ3v) is 9.96. The maximum absolute atomic E-state index is 12.8. The van der Waals surface area contributed by atoms with Crippen molar-refractivity contribution in [3.8, 4) is 0 Å². The molecule has 4 aliphatic rings. The van der Waals surface area contributed by atoms with Gasteiger partial charge >= 0.3 is 10.1 Å². The van der Waals surface area contributed by atoms with Crippen LogP contribution >= 0.6 is 23.2 Å². The Labute approximate surface area is 289 Å². The van der Waals surface area contributed by atoms with E-state index in [2.05, 4.69) is 4.18 Å². The molecule has 2 aromatic rings. The lowest BCUT2D eigenvalue weighted by Gasteiger charge is -2.16. The van der Waals surface area contributed by atoms with Gasteiger partial charge in [-0.05, 0) is 87.8 Å². The van der Waals surface area contributed by atoms with Crippen LogP contribution in [0.25, 0.3) is 11.1 Å². The van der Waals surface area contributed by atoms with E-state index in [9.17, 15) is 27.3 Å². The normalized spacial score (nSPS) is 21.0. The summed E-state index contributed by atoms with van der Waals surface area (Å²) >= 11 is 11.6. The molecule has 10 nitrogen and oxygen atoms in total. The molecule has 6 rings (SSSR count). The molecule has 3 unspecified atom stereocenters. The number of aliphatic hydroxyl groups excluding tert-OH is 1. The summed E-state index contributed by atoms with van der Waals surface area (Å²) in [6.45, 7) is 8.98. The fourth-order valence-electron chi connectivity index (χ4n) is 6.60. The first-order valence-corrected chi connectivity index (χ1v) is 19.1. The Morgan fingerprint density at radius 1 is 0.830 bits per heavy atom. The summed E-state index contributed by atoms with van der Waals surface area (Å²) < 4.78 is 42.5. The van der Waals surface area contributed by atoms with Gasteiger partial charge in [-0.25, -0.2) is 4.21 Å². The highest BCUT2D eigenvalue weighted by molar-refractivity contribution is 7.86. The number of rotatable bonds is 5. The molecule has 0 aromatic heterocycles. The number of hydrogen-bond acceptors (Lipinski definition) is 8. The summed E-state index contributed by atoms with van der Waals surface area (Å²) in [7, 11) is -2.33. The number of nitrogens with zero attached hydrogens (tertiary/aromatic N) is 2. The number of hydrogen-bond donors (Lipinski definition) is 1. The van der Waals surface area contributed by atoms with E-state index in [1.54, 1.807) is 15.9 Å². The summed E-state index contributed by atoms with van der Waals surface area (Å²) in [4.78, 5) is 28.7. The van der Waals surface area contributed by atoms with E-state index in [0.29, 0.717) is 39.7 Å². The van der Waals surface area contributed by atoms with Crippen molar-refractivity contribution in [1.29, 1.82) is 0 Å².